The van der Waals surface area contributed by atoms with Crippen LogP contribution in [0, 0.1) is 0 Å². The van der Waals surface area contributed by atoms with E-state index in [-0.39, 0.29) is 0 Å². The number of aromatic nitrogens is 1. The first-order chi connectivity index (χ1) is 6.95. The molecule has 0 unspecified atom stereocenters. The molecule has 0 amide bonds. The van der Waals surface area contributed by atoms with Gasteiger partial charge in [0.1, 0.15) is 5.69 Å². The van der Waals surface area contributed by atoms with E-state index in [0.717, 1.165) is 10.6 Å². The molecule has 0 aliphatic heterocycles. The van der Waals surface area contributed by atoms with E-state index >= 15 is 0 Å². The smallest absolute Gasteiger partial charge is 0.347 e. The van der Waals surface area contributed by atoms with Crippen LogP contribution in [0.15, 0.2) is 12.3 Å². The largest absolute Gasteiger partial charge is 0.431 e. The zero-order valence-electron chi connectivity index (χ0n) is 8.43. The number of nitrogens with zero attached hydrogens (tertiary/aromatic N) is 1. The Morgan fingerprint density at radius 1 is 1.47 bits per heavy atom. The van der Waals surface area contributed by atoms with E-state index in [1.54, 1.807) is 0 Å². The summed E-state index contributed by atoms with van der Waals surface area (Å²) in [7, 11) is 1.38. The second-order valence-electron chi connectivity index (χ2n) is 3.31. The van der Waals surface area contributed by atoms with Crippen molar-refractivity contribution >= 4 is 0 Å². The van der Waals surface area contributed by atoms with Crippen LogP contribution < -0.4 is 11.1 Å². The third kappa shape index (κ3) is 3.24. The number of nitrogens with one attached hydrogen (secondary N) is 1. The second kappa shape index (κ2) is 4.67. The summed E-state index contributed by atoms with van der Waals surface area (Å²) in [5, 5.41) is 2.94. The molecular weight excluding hydrogens is 207 g/mol. The maximum Gasteiger partial charge on any atom is 0.431 e. The van der Waals surface area contributed by atoms with Gasteiger partial charge in [-0.25, -0.2) is 0 Å². The molecule has 1 aromatic heterocycles. The summed E-state index contributed by atoms with van der Waals surface area (Å²) < 4.78 is 38.3. The van der Waals surface area contributed by atoms with Gasteiger partial charge in [0.2, 0.25) is 0 Å². The topological polar surface area (TPSA) is 43.0 Å². The van der Waals surface area contributed by atoms with Gasteiger partial charge in [-0.05, 0) is 11.6 Å². The molecule has 3 nitrogen and oxygen atoms in total. The third-order valence-electron chi connectivity index (χ3n) is 2.00. The molecule has 86 valence electrons. The van der Waals surface area contributed by atoms with Crippen molar-refractivity contribution in [2.75, 3.05) is 13.1 Å². The molecule has 0 bridgehead atoms. The van der Waals surface area contributed by atoms with Gasteiger partial charge in [-0.1, -0.05) is 0 Å². The molecule has 1 aromatic rings. The van der Waals surface area contributed by atoms with Gasteiger partial charge in [0.05, 0.1) is 0 Å². The van der Waals surface area contributed by atoms with Crippen molar-refractivity contribution in [3.05, 3.63) is 23.5 Å². The van der Waals surface area contributed by atoms with Crippen LogP contribution in [0.3, 0.4) is 0 Å². The Balaban J connectivity index is 2.69. The standard InChI is InChI=1S/C9H14F3N3/c1-15-6-7(5-14-3-2-13)4-8(15)9(10,11)12/h4,6,14H,2-3,5,13H2,1H3. The highest BCUT2D eigenvalue weighted by Crippen LogP contribution is 2.30. The van der Waals surface area contributed by atoms with Crippen LogP contribution in [-0.2, 0) is 19.8 Å². The fraction of sp³-hybridized carbons (Fsp3) is 0.556. The molecule has 0 fully saturated rings. The summed E-state index contributed by atoms with van der Waals surface area (Å²) in [5.74, 6) is 0. The van der Waals surface area contributed by atoms with Crippen LogP contribution >= 0.6 is 0 Å². The van der Waals surface area contributed by atoms with Crippen LogP contribution in [0.2, 0.25) is 0 Å². The molecule has 0 atom stereocenters. The number of hydrogen-bond acceptors (Lipinski definition) is 2. The van der Waals surface area contributed by atoms with Crippen molar-refractivity contribution < 1.29 is 13.2 Å². The Bertz CT molecular complexity index is 317. The number of halogens is 3. The number of aryl methyl sites for hydroxylation is 1. The van der Waals surface area contributed by atoms with Gasteiger partial charge in [0, 0.05) is 32.9 Å². The van der Waals surface area contributed by atoms with Crippen molar-refractivity contribution in [1.82, 2.24) is 9.88 Å². The van der Waals surface area contributed by atoms with Crippen molar-refractivity contribution in [2.45, 2.75) is 12.7 Å². The van der Waals surface area contributed by atoms with Gasteiger partial charge in [0.25, 0.3) is 0 Å². The summed E-state index contributed by atoms with van der Waals surface area (Å²) in [6.07, 6.45) is -2.83. The first kappa shape index (κ1) is 12.1. The minimum absolute atomic E-state index is 0.404. The Morgan fingerprint density at radius 3 is 2.60 bits per heavy atom. The van der Waals surface area contributed by atoms with E-state index in [0.29, 0.717) is 25.2 Å². The third-order valence-corrected chi connectivity index (χ3v) is 2.00. The molecule has 6 heteroatoms. The molecule has 0 saturated heterocycles. The summed E-state index contributed by atoms with van der Waals surface area (Å²) >= 11 is 0. The van der Waals surface area contributed by atoms with Gasteiger partial charge >= 0.3 is 6.18 Å². The highest BCUT2D eigenvalue weighted by atomic mass is 19.4. The Morgan fingerprint density at radius 2 is 2.13 bits per heavy atom. The van der Waals surface area contributed by atoms with Crippen LogP contribution in [0.5, 0.6) is 0 Å². The Hall–Kier alpha value is -1.01. The van der Waals surface area contributed by atoms with E-state index in [4.69, 9.17) is 5.73 Å². The zero-order valence-corrected chi connectivity index (χ0v) is 8.43. The summed E-state index contributed by atoms with van der Waals surface area (Å²) in [5.41, 5.74) is 5.23. The molecule has 1 rings (SSSR count). The number of nitrogens with two attached hydrogens (primary N) is 1. The van der Waals surface area contributed by atoms with E-state index in [1.165, 1.54) is 13.2 Å². The Kier molecular flexibility index (Phi) is 3.76. The second-order valence-corrected chi connectivity index (χ2v) is 3.31. The summed E-state index contributed by atoms with van der Waals surface area (Å²) in [6, 6.07) is 1.14. The van der Waals surface area contributed by atoms with Gasteiger partial charge in [-0.3, -0.25) is 0 Å². The first-order valence-electron chi connectivity index (χ1n) is 4.58. The maximum atomic E-state index is 12.4. The van der Waals surface area contributed by atoms with Gasteiger partial charge < -0.3 is 15.6 Å². The minimum Gasteiger partial charge on any atom is -0.347 e. The van der Waals surface area contributed by atoms with Crippen LogP contribution in [-0.4, -0.2) is 17.7 Å². The molecule has 1 heterocycles. The molecule has 0 aliphatic rings. The van der Waals surface area contributed by atoms with Gasteiger partial charge in [0.15, 0.2) is 0 Å². The quantitative estimate of drug-likeness (QED) is 0.747. The summed E-state index contributed by atoms with van der Waals surface area (Å²) in [4.78, 5) is 0. The molecule has 3 N–H and O–H groups in total. The fourth-order valence-electron chi connectivity index (χ4n) is 1.35. The lowest BCUT2D eigenvalue weighted by atomic mass is 10.3. The van der Waals surface area contributed by atoms with Crippen LogP contribution in [0.1, 0.15) is 11.3 Å². The molecule has 0 radical (unpaired) electrons. The number of alkyl halides is 3. The van der Waals surface area contributed by atoms with E-state index in [9.17, 15) is 13.2 Å². The lowest BCUT2D eigenvalue weighted by molar-refractivity contribution is -0.143. The van der Waals surface area contributed by atoms with E-state index in [1.807, 2.05) is 0 Å². The molecular formula is C9H14F3N3. The molecule has 0 spiro atoms. The number of hydrogen-bond donors (Lipinski definition) is 2. The Labute approximate surface area is 86.1 Å². The highest BCUT2D eigenvalue weighted by Gasteiger charge is 2.33. The molecule has 0 saturated carbocycles. The monoisotopic (exact) mass is 221 g/mol. The molecule has 15 heavy (non-hydrogen) atoms. The SMILES string of the molecule is Cn1cc(CNCCN)cc1C(F)(F)F. The zero-order chi connectivity index (χ0) is 11.5. The summed E-state index contributed by atoms with van der Waals surface area (Å²) in [6.45, 7) is 1.47. The van der Waals surface area contributed by atoms with Crippen LogP contribution in [0.25, 0.3) is 0 Å². The normalized spacial score (nSPS) is 12.1. The lowest BCUT2D eigenvalue weighted by Crippen LogP contribution is -2.21. The van der Waals surface area contributed by atoms with E-state index in [2.05, 4.69) is 5.32 Å². The molecule has 0 aliphatic carbocycles. The minimum atomic E-state index is -4.29. The number of rotatable bonds is 4. The average molecular weight is 221 g/mol. The van der Waals surface area contributed by atoms with Gasteiger partial charge in [-0.15, -0.1) is 0 Å². The van der Waals surface area contributed by atoms with Crippen molar-refractivity contribution in [2.24, 2.45) is 12.8 Å². The van der Waals surface area contributed by atoms with E-state index < -0.39 is 11.9 Å². The fourth-order valence-corrected chi connectivity index (χ4v) is 1.35. The van der Waals surface area contributed by atoms with Gasteiger partial charge in [-0.2, -0.15) is 13.2 Å². The van der Waals surface area contributed by atoms with Crippen LogP contribution in [0.4, 0.5) is 13.2 Å². The predicted octanol–water partition coefficient (Wildman–Crippen LogP) is 1.09. The first-order valence-corrected chi connectivity index (χ1v) is 4.58. The van der Waals surface area contributed by atoms with Crippen molar-refractivity contribution in [1.29, 1.82) is 0 Å². The maximum absolute atomic E-state index is 12.4. The highest BCUT2D eigenvalue weighted by molar-refractivity contribution is 5.20. The van der Waals surface area contributed by atoms with Crippen molar-refractivity contribution in [3.63, 3.8) is 0 Å². The van der Waals surface area contributed by atoms with Crippen molar-refractivity contribution in [3.8, 4) is 0 Å². The lowest BCUT2D eigenvalue weighted by Gasteiger charge is -2.05. The average Bonchev–Trinajstić information content (AvgIpc) is 2.47. The predicted molar refractivity (Wildman–Crippen MR) is 51.2 cm³/mol. The molecule has 0 aromatic carbocycles.